The first kappa shape index (κ1) is 20.4. The molecule has 1 saturated heterocycles. The van der Waals surface area contributed by atoms with Crippen molar-refractivity contribution in [1.29, 1.82) is 0 Å². The molecule has 156 valence electrons. The van der Waals surface area contributed by atoms with Crippen molar-refractivity contribution >= 4 is 34.7 Å². The van der Waals surface area contributed by atoms with E-state index in [2.05, 4.69) is 11.9 Å². The van der Waals surface area contributed by atoms with Crippen molar-refractivity contribution in [2.24, 2.45) is 0 Å². The second-order valence-electron chi connectivity index (χ2n) is 7.62. The zero-order valence-electron chi connectivity index (χ0n) is 17.3. The van der Waals surface area contributed by atoms with Crippen LogP contribution in [0, 0.1) is 6.92 Å². The number of halogens is 1. The Labute approximate surface area is 181 Å². The van der Waals surface area contributed by atoms with Gasteiger partial charge < -0.3 is 14.5 Å². The van der Waals surface area contributed by atoms with Crippen molar-refractivity contribution in [2.45, 2.75) is 6.92 Å². The maximum absolute atomic E-state index is 13.6. The molecule has 0 N–H and O–H groups in total. The van der Waals surface area contributed by atoms with E-state index in [1.165, 1.54) is 4.90 Å². The molecule has 2 aliphatic rings. The Bertz CT molecular complexity index is 1020. The molecule has 0 aliphatic carbocycles. The number of hydrogen-bond donors (Lipinski definition) is 0. The van der Waals surface area contributed by atoms with E-state index in [1.807, 2.05) is 30.0 Å². The molecule has 2 heterocycles. The molecule has 2 aromatic rings. The second-order valence-corrected chi connectivity index (χ2v) is 8.06. The van der Waals surface area contributed by atoms with E-state index in [0.29, 0.717) is 46.4 Å². The Kier molecular flexibility index (Phi) is 5.54. The van der Waals surface area contributed by atoms with Crippen molar-refractivity contribution in [3.8, 4) is 5.75 Å². The molecule has 0 unspecified atom stereocenters. The van der Waals surface area contributed by atoms with Crippen molar-refractivity contribution in [2.75, 3.05) is 45.2 Å². The topological polar surface area (TPSA) is 53.1 Å². The molecule has 2 aliphatic heterocycles. The summed E-state index contributed by atoms with van der Waals surface area (Å²) >= 11 is 6.19. The molecule has 0 atom stereocenters. The number of benzene rings is 2. The number of ether oxygens (including phenoxy) is 1. The van der Waals surface area contributed by atoms with E-state index in [0.717, 1.165) is 18.7 Å². The van der Waals surface area contributed by atoms with Gasteiger partial charge in [-0.05, 0) is 49.4 Å². The number of aryl methyl sites for hydroxylation is 1. The number of imide groups is 1. The number of nitrogens with zero attached hydrogens (tertiary/aromatic N) is 3. The number of likely N-dealkylation sites (N-methyl/N-ethyl adjacent to an activating group) is 1. The van der Waals surface area contributed by atoms with E-state index in [4.69, 9.17) is 16.3 Å². The number of carbonyl (C=O) groups is 2. The number of carbonyl (C=O) groups excluding carboxylic acids is 2. The quantitative estimate of drug-likeness (QED) is 0.704. The largest absolute Gasteiger partial charge is 0.497 e. The highest BCUT2D eigenvalue weighted by molar-refractivity contribution is 6.45. The van der Waals surface area contributed by atoms with Crippen LogP contribution in [-0.4, -0.2) is 62.0 Å². The summed E-state index contributed by atoms with van der Waals surface area (Å²) < 4.78 is 5.25. The first-order chi connectivity index (χ1) is 14.4. The third-order valence-corrected chi connectivity index (χ3v) is 5.90. The van der Waals surface area contributed by atoms with E-state index in [9.17, 15) is 9.59 Å². The maximum Gasteiger partial charge on any atom is 0.282 e. The van der Waals surface area contributed by atoms with Gasteiger partial charge in [-0.25, -0.2) is 4.90 Å². The molecule has 4 rings (SSSR count). The Morgan fingerprint density at radius 2 is 1.60 bits per heavy atom. The Balaban J connectivity index is 1.82. The third kappa shape index (κ3) is 3.57. The lowest BCUT2D eigenvalue weighted by Gasteiger charge is -2.34. The number of methoxy groups -OCH3 is 1. The van der Waals surface area contributed by atoms with Gasteiger partial charge in [0.05, 0.1) is 18.4 Å². The van der Waals surface area contributed by atoms with Gasteiger partial charge in [-0.2, -0.15) is 0 Å². The van der Waals surface area contributed by atoms with Crippen LogP contribution in [0.5, 0.6) is 5.75 Å². The summed E-state index contributed by atoms with van der Waals surface area (Å²) in [5.74, 6) is 0.0602. The van der Waals surface area contributed by atoms with Gasteiger partial charge in [0.25, 0.3) is 11.8 Å². The summed E-state index contributed by atoms with van der Waals surface area (Å²) in [4.78, 5) is 32.7. The molecule has 1 fully saturated rings. The molecule has 7 heteroatoms. The highest BCUT2D eigenvalue weighted by atomic mass is 35.5. The summed E-state index contributed by atoms with van der Waals surface area (Å²) in [7, 11) is 3.65. The molecule has 30 heavy (non-hydrogen) atoms. The molecule has 2 aromatic carbocycles. The fourth-order valence-corrected chi connectivity index (χ4v) is 4.07. The van der Waals surface area contributed by atoms with Crippen LogP contribution in [0.1, 0.15) is 11.1 Å². The molecule has 6 nitrogen and oxygen atoms in total. The van der Waals surface area contributed by atoms with Gasteiger partial charge in [0.2, 0.25) is 0 Å². The van der Waals surface area contributed by atoms with Gasteiger partial charge in [0, 0.05) is 31.2 Å². The molecule has 0 spiro atoms. The van der Waals surface area contributed by atoms with Crippen LogP contribution in [0.4, 0.5) is 5.69 Å². The summed E-state index contributed by atoms with van der Waals surface area (Å²) in [6.07, 6.45) is 0. The lowest BCUT2D eigenvalue weighted by molar-refractivity contribution is -0.120. The van der Waals surface area contributed by atoms with Gasteiger partial charge in [-0.3, -0.25) is 9.59 Å². The number of anilines is 1. The summed E-state index contributed by atoms with van der Waals surface area (Å²) in [6, 6.07) is 12.5. The van der Waals surface area contributed by atoms with E-state index < -0.39 is 0 Å². The first-order valence-electron chi connectivity index (χ1n) is 9.88. The first-order valence-corrected chi connectivity index (χ1v) is 10.3. The Morgan fingerprint density at radius 1 is 0.933 bits per heavy atom. The maximum atomic E-state index is 13.6. The summed E-state index contributed by atoms with van der Waals surface area (Å²) in [5.41, 5.74) is 2.91. The van der Waals surface area contributed by atoms with Crippen molar-refractivity contribution in [3.63, 3.8) is 0 Å². The van der Waals surface area contributed by atoms with Crippen molar-refractivity contribution in [1.82, 2.24) is 9.80 Å². The van der Waals surface area contributed by atoms with Gasteiger partial charge in [0.1, 0.15) is 11.4 Å². The average molecular weight is 426 g/mol. The second kappa shape index (κ2) is 8.13. The molecular weight excluding hydrogens is 402 g/mol. The SMILES string of the molecule is COc1ccc(C2=C(N3CCN(C)CC3)C(=O)N(c3cc(Cl)ccc3C)C2=O)cc1. The van der Waals surface area contributed by atoms with Gasteiger partial charge in [-0.1, -0.05) is 29.8 Å². The standard InChI is InChI=1S/C23H24ClN3O3/c1-15-4-7-17(24)14-19(15)27-22(28)20(16-5-8-18(30-3)9-6-16)21(23(27)29)26-12-10-25(2)11-13-26/h4-9,14H,10-13H2,1-3H3. The Hall–Kier alpha value is -2.83. The van der Waals surface area contributed by atoms with E-state index >= 15 is 0 Å². The fraction of sp³-hybridized carbons (Fsp3) is 0.304. The van der Waals surface area contributed by atoms with Crippen LogP contribution in [-0.2, 0) is 9.59 Å². The lowest BCUT2D eigenvalue weighted by Crippen LogP contribution is -2.46. The highest BCUT2D eigenvalue weighted by Crippen LogP contribution is 2.37. The van der Waals surface area contributed by atoms with Crippen LogP contribution in [0.15, 0.2) is 48.2 Å². The van der Waals surface area contributed by atoms with Gasteiger partial charge >= 0.3 is 0 Å². The van der Waals surface area contributed by atoms with Crippen molar-refractivity contribution in [3.05, 3.63) is 64.3 Å². The van der Waals surface area contributed by atoms with Crippen LogP contribution >= 0.6 is 11.6 Å². The molecule has 0 aromatic heterocycles. The molecular formula is C23H24ClN3O3. The monoisotopic (exact) mass is 425 g/mol. The highest BCUT2D eigenvalue weighted by Gasteiger charge is 2.43. The number of amides is 2. The molecule has 0 saturated carbocycles. The smallest absolute Gasteiger partial charge is 0.282 e. The third-order valence-electron chi connectivity index (χ3n) is 5.67. The predicted molar refractivity (Wildman–Crippen MR) is 118 cm³/mol. The normalized spacial score (nSPS) is 17.9. The van der Waals surface area contributed by atoms with Gasteiger partial charge in [-0.15, -0.1) is 0 Å². The predicted octanol–water partition coefficient (Wildman–Crippen LogP) is 3.19. The zero-order valence-corrected chi connectivity index (χ0v) is 18.1. The summed E-state index contributed by atoms with van der Waals surface area (Å²) in [6.45, 7) is 4.90. The van der Waals surface area contributed by atoms with Crippen molar-refractivity contribution < 1.29 is 14.3 Å². The van der Waals surface area contributed by atoms with E-state index in [1.54, 1.807) is 31.4 Å². The molecule has 0 bridgehead atoms. The van der Waals surface area contributed by atoms with Crippen LogP contribution in [0.3, 0.4) is 0 Å². The molecule has 0 radical (unpaired) electrons. The minimum absolute atomic E-state index is 0.305. The zero-order chi connectivity index (χ0) is 21.4. The summed E-state index contributed by atoms with van der Waals surface area (Å²) in [5, 5.41) is 0.482. The van der Waals surface area contributed by atoms with Crippen LogP contribution in [0.2, 0.25) is 5.02 Å². The Morgan fingerprint density at radius 3 is 2.23 bits per heavy atom. The number of rotatable bonds is 4. The van der Waals surface area contributed by atoms with E-state index in [-0.39, 0.29) is 11.8 Å². The minimum Gasteiger partial charge on any atom is -0.497 e. The van der Waals surface area contributed by atoms with Crippen LogP contribution in [0.25, 0.3) is 5.57 Å². The van der Waals surface area contributed by atoms with Gasteiger partial charge in [0.15, 0.2) is 0 Å². The number of piperazine rings is 1. The molecule has 2 amide bonds. The van der Waals surface area contributed by atoms with Crippen LogP contribution < -0.4 is 9.64 Å². The lowest BCUT2D eigenvalue weighted by atomic mass is 10.0. The average Bonchev–Trinajstić information content (AvgIpc) is 3.00. The fourth-order valence-electron chi connectivity index (χ4n) is 3.90. The number of hydrogen-bond acceptors (Lipinski definition) is 5. The minimum atomic E-state index is -0.329.